The van der Waals surface area contributed by atoms with Crippen LogP contribution >= 0.6 is 0 Å². The molecule has 0 spiro atoms. The second kappa shape index (κ2) is 6.27. The fourth-order valence-electron chi connectivity index (χ4n) is 2.61. The Labute approximate surface area is 127 Å². The molecule has 1 aliphatic heterocycles. The average Bonchev–Trinajstić information content (AvgIpc) is 3.17. The number of aryl methyl sites for hydroxylation is 1. The predicted molar refractivity (Wildman–Crippen MR) is 76.8 cm³/mol. The van der Waals surface area contributed by atoms with Crippen molar-refractivity contribution < 1.29 is 18.4 Å². The number of halogens is 1. The van der Waals surface area contributed by atoms with Gasteiger partial charge in [-0.3, -0.25) is 4.79 Å². The van der Waals surface area contributed by atoms with Crippen molar-refractivity contribution in [3.05, 3.63) is 53.2 Å². The Balaban J connectivity index is 1.82. The van der Waals surface area contributed by atoms with Crippen molar-refractivity contribution in [1.82, 2.24) is 10.5 Å². The van der Waals surface area contributed by atoms with Crippen LogP contribution in [0.3, 0.4) is 0 Å². The summed E-state index contributed by atoms with van der Waals surface area (Å²) < 4.78 is 23.8. The van der Waals surface area contributed by atoms with Crippen LogP contribution in [0, 0.1) is 12.7 Å². The summed E-state index contributed by atoms with van der Waals surface area (Å²) in [6.45, 7) is 2.41. The zero-order valence-corrected chi connectivity index (χ0v) is 12.2. The summed E-state index contributed by atoms with van der Waals surface area (Å²) in [5.74, 6) is -0.514. The van der Waals surface area contributed by atoms with E-state index in [2.05, 4.69) is 10.5 Å². The molecule has 0 unspecified atom stereocenters. The molecule has 1 amide bonds. The molecule has 2 atom stereocenters. The number of carbonyl (C=O) groups is 1. The van der Waals surface area contributed by atoms with Gasteiger partial charge in [0.05, 0.1) is 17.8 Å². The number of aromatic nitrogens is 1. The highest BCUT2D eigenvalue weighted by molar-refractivity contribution is 5.91. The smallest absolute Gasteiger partial charge is 0.290 e. The van der Waals surface area contributed by atoms with Crippen molar-refractivity contribution in [2.45, 2.75) is 31.9 Å². The highest BCUT2D eigenvalue weighted by Gasteiger charge is 2.29. The van der Waals surface area contributed by atoms with E-state index in [1.54, 1.807) is 25.1 Å². The van der Waals surface area contributed by atoms with Crippen LogP contribution in [0.2, 0.25) is 0 Å². The van der Waals surface area contributed by atoms with Gasteiger partial charge in [-0.2, -0.15) is 0 Å². The number of hydrogen-bond acceptors (Lipinski definition) is 4. The molecule has 0 aliphatic carbocycles. The number of hydrogen-bond donors (Lipinski definition) is 1. The Bertz CT molecular complexity index is 648. The fourth-order valence-corrected chi connectivity index (χ4v) is 2.61. The number of benzene rings is 1. The van der Waals surface area contributed by atoms with Gasteiger partial charge >= 0.3 is 0 Å². The van der Waals surface area contributed by atoms with Crippen molar-refractivity contribution >= 4 is 5.91 Å². The Morgan fingerprint density at radius 1 is 1.41 bits per heavy atom. The number of carbonyl (C=O) groups excluding carboxylic acids is 1. The molecule has 0 saturated carbocycles. The van der Waals surface area contributed by atoms with E-state index in [0.717, 1.165) is 18.4 Å². The van der Waals surface area contributed by atoms with Gasteiger partial charge < -0.3 is 14.6 Å². The molecular weight excluding hydrogens is 287 g/mol. The summed E-state index contributed by atoms with van der Waals surface area (Å²) in [5.41, 5.74) is 1.44. The summed E-state index contributed by atoms with van der Waals surface area (Å²) in [6, 6.07) is 7.30. The molecule has 1 saturated heterocycles. The van der Waals surface area contributed by atoms with E-state index in [9.17, 15) is 9.18 Å². The van der Waals surface area contributed by atoms with Crippen LogP contribution in [0.5, 0.6) is 0 Å². The van der Waals surface area contributed by atoms with Gasteiger partial charge in [0, 0.05) is 12.7 Å². The number of amides is 1. The molecule has 1 N–H and O–H groups in total. The first kappa shape index (κ1) is 14.7. The van der Waals surface area contributed by atoms with Crippen molar-refractivity contribution in [3.63, 3.8) is 0 Å². The standard InChI is InChI=1S/C16H17FN2O3/c1-10-9-14(22-19-10)16(20)18-15(13-3-2-8-21-13)11-4-6-12(17)7-5-11/h4-7,9,13,15H,2-3,8H2,1H3,(H,18,20)/t13-,15-/m1/s1. The fraction of sp³-hybridized carbons (Fsp3) is 0.375. The summed E-state index contributed by atoms with van der Waals surface area (Å²) in [5, 5.41) is 6.61. The van der Waals surface area contributed by atoms with E-state index in [-0.39, 0.29) is 29.6 Å². The van der Waals surface area contributed by atoms with Gasteiger partial charge in [-0.15, -0.1) is 0 Å². The highest BCUT2D eigenvalue weighted by atomic mass is 19.1. The van der Waals surface area contributed by atoms with Crippen molar-refractivity contribution in [2.24, 2.45) is 0 Å². The Morgan fingerprint density at radius 2 is 2.18 bits per heavy atom. The van der Waals surface area contributed by atoms with E-state index >= 15 is 0 Å². The first-order chi connectivity index (χ1) is 10.6. The molecule has 2 heterocycles. The summed E-state index contributed by atoms with van der Waals surface area (Å²) >= 11 is 0. The second-order valence-electron chi connectivity index (χ2n) is 5.39. The molecule has 22 heavy (non-hydrogen) atoms. The molecule has 0 bridgehead atoms. The lowest BCUT2D eigenvalue weighted by Crippen LogP contribution is -2.36. The third kappa shape index (κ3) is 3.17. The quantitative estimate of drug-likeness (QED) is 0.943. The van der Waals surface area contributed by atoms with Gasteiger partial charge in [0.15, 0.2) is 0 Å². The third-order valence-electron chi connectivity index (χ3n) is 3.70. The molecule has 0 radical (unpaired) electrons. The maximum atomic E-state index is 13.1. The molecule has 6 heteroatoms. The van der Waals surface area contributed by atoms with Gasteiger partial charge in [-0.1, -0.05) is 17.3 Å². The number of rotatable bonds is 4. The molecule has 1 aromatic heterocycles. The van der Waals surface area contributed by atoms with Crippen LogP contribution < -0.4 is 5.32 Å². The molecular formula is C16H17FN2O3. The minimum atomic E-state index is -0.356. The molecule has 1 fully saturated rings. The van der Waals surface area contributed by atoms with Crippen LogP contribution in [-0.2, 0) is 4.74 Å². The Morgan fingerprint density at radius 3 is 2.77 bits per heavy atom. The monoisotopic (exact) mass is 304 g/mol. The molecule has 1 aliphatic rings. The van der Waals surface area contributed by atoms with Gasteiger partial charge in [0.2, 0.25) is 5.76 Å². The zero-order chi connectivity index (χ0) is 15.5. The lowest BCUT2D eigenvalue weighted by Gasteiger charge is -2.24. The number of nitrogens with zero attached hydrogens (tertiary/aromatic N) is 1. The molecule has 5 nitrogen and oxygen atoms in total. The maximum Gasteiger partial charge on any atom is 0.290 e. The minimum absolute atomic E-state index is 0.126. The zero-order valence-electron chi connectivity index (χ0n) is 12.2. The van der Waals surface area contributed by atoms with E-state index in [1.165, 1.54) is 12.1 Å². The summed E-state index contributed by atoms with van der Waals surface area (Å²) in [6.07, 6.45) is 1.66. The number of nitrogens with one attached hydrogen (secondary N) is 1. The predicted octanol–water partition coefficient (Wildman–Crippen LogP) is 2.77. The maximum absolute atomic E-state index is 13.1. The van der Waals surface area contributed by atoms with E-state index in [0.29, 0.717) is 12.3 Å². The summed E-state index contributed by atoms with van der Waals surface area (Å²) in [4.78, 5) is 12.3. The lowest BCUT2D eigenvalue weighted by molar-refractivity contribution is 0.0653. The number of ether oxygens (including phenoxy) is 1. The lowest BCUT2D eigenvalue weighted by atomic mass is 9.99. The van der Waals surface area contributed by atoms with Crippen molar-refractivity contribution in [3.8, 4) is 0 Å². The SMILES string of the molecule is Cc1cc(C(=O)N[C@H](c2ccc(F)cc2)[C@H]2CCCO2)on1. The van der Waals surface area contributed by atoms with Crippen molar-refractivity contribution in [2.75, 3.05) is 6.61 Å². The Kier molecular flexibility index (Phi) is 4.20. The van der Waals surface area contributed by atoms with Crippen LogP contribution in [0.25, 0.3) is 0 Å². The Hall–Kier alpha value is -2.21. The van der Waals surface area contributed by atoms with Gasteiger partial charge in [0.25, 0.3) is 5.91 Å². The highest BCUT2D eigenvalue weighted by Crippen LogP contribution is 2.27. The normalized spacial score (nSPS) is 19.1. The van der Waals surface area contributed by atoms with Crippen molar-refractivity contribution in [1.29, 1.82) is 0 Å². The molecule has 2 aromatic rings. The third-order valence-corrected chi connectivity index (χ3v) is 3.70. The second-order valence-corrected chi connectivity index (χ2v) is 5.39. The average molecular weight is 304 g/mol. The largest absolute Gasteiger partial charge is 0.376 e. The van der Waals surface area contributed by atoms with Crippen LogP contribution in [0.1, 0.15) is 40.7 Å². The topological polar surface area (TPSA) is 64.4 Å². The first-order valence-electron chi connectivity index (χ1n) is 7.25. The van der Waals surface area contributed by atoms with Crippen LogP contribution in [0.15, 0.2) is 34.9 Å². The first-order valence-corrected chi connectivity index (χ1v) is 7.25. The van der Waals surface area contributed by atoms with Gasteiger partial charge in [0.1, 0.15) is 5.82 Å². The van der Waals surface area contributed by atoms with Crippen LogP contribution in [0.4, 0.5) is 4.39 Å². The molecule has 1 aromatic carbocycles. The molecule has 3 rings (SSSR count). The molecule has 116 valence electrons. The van der Waals surface area contributed by atoms with Gasteiger partial charge in [-0.25, -0.2) is 4.39 Å². The van der Waals surface area contributed by atoms with Crippen LogP contribution in [-0.4, -0.2) is 23.8 Å². The van der Waals surface area contributed by atoms with E-state index in [1.807, 2.05) is 0 Å². The van der Waals surface area contributed by atoms with E-state index in [4.69, 9.17) is 9.26 Å². The van der Waals surface area contributed by atoms with E-state index < -0.39 is 0 Å². The summed E-state index contributed by atoms with van der Waals surface area (Å²) in [7, 11) is 0. The minimum Gasteiger partial charge on any atom is -0.376 e. The van der Waals surface area contributed by atoms with Gasteiger partial charge in [-0.05, 0) is 37.5 Å².